The molecule has 0 atom stereocenters. The average Bonchev–Trinajstić information content (AvgIpc) is 2.84. The smallest absolute Gasteiger partial charge is 0.227 e. The Kier molecular flexibility index (Phi) is 5.15. The summed E-state index contributed by atoms with van der Waals surface area (Å²) >= 11 is 4.47. The summed E-state index contributed by atoms with van der Waals surface area (Å²) in [5.41, 5.74) is 0.665. The van der Waals surface area contributed by atoms with Gasteiger partial charge < -0.3 is 4.57 Å². The Labute approximate surface area is 124 Å². The van der Waals surface area contributed by atoms with E-state index in [4.69, 9.17) is 0 Å². The first-order valence-corrected chi connectivity index (χ1v) is 7.67. The summed E-state index contributed by atoms with van der Waals surface area (Å²) < 4.78 is 2.88. The van der Waals surface area contributed by atoms with Gasteiger partial charge in [0, 0.05) is 16.6 Å². The van der Waals surface area contributed by atoms with Crippen LogP contribution >= 0.6 is 27.7 Å². The summed E-state index contributed by atoms with van der Waals surface area (Å²) in [4.78, 5) is 12.1. The van der Waals surface area contributed by atoms with E-state index < -0.39 is 0 Å². The molecule has 0 radical (unpaired) electrons. The molecule has 0 aliphatic rings. The second kappa shape index (κ2) is 6.86. The largest absolute Gasteiger partial charge is 0.308 e. The van der Waals surface area contributed by atoms with E-state index in [-0.39, 0.29) is 5.12 Å². The van der Waals surface area contributed by atoms with Crippen molar-refractivity contribution >= 4 is 32.8 Å². The van der Waals surface area contributed by atoms with Crippen LogP contribution in [0, 0.1) is 0 Å². The first-order valence-electron chi connectivity index (χ1n) is 6.06. The Balaban J connectivity index is 2.06. The third-order valence-electron chi connectivity index (χ3n) is 2.60. The van der Waals surface area contributed by atoms with Crippen molar-refractivity contribution in [2.24, 2.45) is 0 Å². The molecule has 0 saturated heterocycles. The summed E-state index contributed by atoms with van der Waals surface area (Å²) in [6, 6.07) is 7.31. The van der Waals surface area contributed by atoms with E-state index in [0.29, 0.717) is 10.7 Å². The van der Waals surface area contributed by atoms with Crippen molar-refractivity contribution in [3.05, 3.63) is 40.6 Å². The topological polar surface area (TPSA) is 47.8 Å². The normalized spacial score (nSPS) is 10.6. The van der Waals surface area contributed by atoms with Crippen LogP contribution in [-0.2, 0) is 6.54 Å². The highest BCUT2D eigenvalue weighted by Gasteiger charge is 2.13. The van der Waals surface area contributed by atoms with Gasteiger partial charge in [-0.05, 0) is 42.4 Å². The molecule has 0 N–H and O–H groups in total. The highest BCUT2D eigenvalue weighted by atomic mass is 79.9. The third-order valence-corrected chi connectivity index (χ3v) is 4.04. The summed E-state index contributed by atoms with van der Waals surface area (Å²) in [5.74, 6) is 0. The molecule has 4 nitrogen and oxygen atoms in total. The number of rotatable bonds is 5. The number of benzene rings is 1. The zero-order valence-electron chi connectivity index (χ0n) is 10.5. The van der Waals surface area contributed by atoms with Crippen LogP contribution in [0.2, 0.25) is 0 Å². The molecule has 0 fully saturated rings. The fourth-order valence-electron chi connectivity index (χ4n) is 1.53. The Morgan fingerprint density at radius 3 is 2.79 bits per heavy atom. The second-order valence-corrected chi connectivity index (χ2v) is 5.91. The lowest BCUT2D eigenvalue weighted by Crippen LogP contribution is -2.01. The maximum Gasteiger partial charge on any atom is 0.227 e. The molecule has 0 unspecified atom stereocenters. The van der Waals surface area contributed by atoms with Crippen LogP contribution in [0.1, 0.15) is 30.1 Å². The summed E-state index contributed by atoms with van der Waals surface area (Å²) in [6.07, 6.45) is 3.83. The summed E-state index contributed by atoms with van der Waals surface area (Å²) in [6.45, 7) is 2.98. The zero-order valence-corrected chi connectivity index (χ0v) is 12.9. The van der Waals surface area contributed by atoms with Crippen LogP contribution in [-0.4, -0.2) is 19.9 Å². The standard InChI is InChI=1S/C13H14BrN3OS/c1-2-3-8-17-9-15-16-13(17)19-12(18)10-4-6-11(14)7-5-10/h4-7,9H,2-3,8H2,1H3. The van der Waals surface area contributed by atoms with Gasteiger partial charge in [-0.2, -0.15) is 0 Å². The third kappa shape index (κ3) is 3.91. The Morgan fingerprint density at radius 2 is 2.11 bits per heavy atom. The Bertz CT molecular complexity index is 553. The van der Waals surface area contributed by atoms with E-state index in [1.165, 1.54) is 0 Å². The zero-order chi connectivity index (χ0) is 13.7. The molecule has 0 aliphatic carbocycles. The number of nitrogens with zero attached hydrogens (tertiary/aromatic N) is 3. The van der Waals surface area contributed by atoms with Gasteiger partial charge in [0.15, 0.2) is 5.16 Å². The van der Waals surface area contributed by atoms with E-state index in [9.17, 15) is 4.79 Å². The number of hydrogen-bond donors (Lipinski definition) is 0. The molecule has 6 heteroatoms. The van der Waals surface area contributed by atoms with Crippen molar-refractivity contribution in [2.45, 2.75) is 31.5 Å². The number of aromatic nitrogens is 3. The maximum atomic E-state index is 12.1. The van der Waals surface area contributed by atoms with E-state index in [2.05, 4.69) is 33.1 Å². The van der Waals surface area contributed by atoms with Crippen molar-refractivity contribution in [3.63, 3.8) is 0 Å². The highest BCUT2D eigenvalue weighted by molar-refractivity contribution is 9.10. The van der Waals surface area contributed by atoms with Gasteiger partial charge in [0.25, 0.3) is 0 Å². The van der Waals surface area contributed by atoms with Crippen molar-refractivity contribution < 1.29 is 4.79 Å². The minimum Gasteiger partial charge on any atom is -0.308 e. The minimum absolute atomic E-state index is 0.0155. The van der Waals surface area contributed by atoms with Gasteiger partial charge in [0.1, 0.15) is 6.33 Å². The van der Waals surface area contributed by atoms with Crippen molar-refractivity contribution in [2.75, 3.05) is 0 Å². The monoisotopic (exact) mass is 339 g/mol. The van der Waals surface area contributed by atoms with Crippen molar-refractivity contribution in [1.82, 2.24) is 14.8 Å². The number of halogens is 1. The summed E-state index contributed by atoms with van der Waals surface area (Å²) in [5, 5.41) is 8.50. The predicted octanol–water partition coefficient (Wildman–Crippen LogP) is 3.77. The molecule has 19 heavy (non-hydrogen) atoms. The molecule has 0 aliphatic heterocycles. The molecule has 0 bridgehead atoms. The van der Waals surface area contributed by atoms with Gasteiger partial charge >= 0.3 is 0 Å². The second-order valence-electron chi connectivity index (χ2n) is 4.06. The molecule has 1 aromatic heterocycles. The van der Waals surface area contributed by atoms with E-state index >= 15 is 0 Å². The molecule has 1 heterocycles. The number of thioether (sulfide) groups is 1. The van der Waals surface area contributed by atoms with Crippen LogP contribution in [0.3, 0.4) is 0 Å². The summed E-state index contributed by atoms with van der Waals surface area (Å²) in [7, 11) is 0. The van der Waals surface area contributed by atoms with Crippen molar-refractivity contribution in [3.8, 4) is 0 Å². The van der Waals surface area contributed by atoms with E-state index in [1.54, 1.807) is 18.5 Å². The van der Waals surface area contributed by atoms with E-state index in [0.717, 1.165) is 35.6 Å². The van der Waals surface area contributed by atoms with Gasteiger partial charge in [-0.1, -0.05) is 29.3 Å². The molecule has 2 rings (SSSR count). The van der Waals surface area contributed by atoms with Crippen LogP contribution in [0.4, 0.5) is 0 Å². The maximum absolute atomic E-state index is 12.1. The SMILES string of the molecule is CCCCn1cnnc1SC(=O)c1ccc(Br)cc1. The fraction of sp³-hybridized carbons (Fsp3) is 0.308. The number of carbonyl (C=O) groups excluding carboxylic acids is 1. The van der Waals surface area contributed by atoms with Crippen LogP contribution in [0.15, 0.2) is 40.2 Å². The lowest BCUT2D eigenvalue weighted by atomic mass is 10.2. The van der Waals surface area contributed by atoms with Gasteiger partial charge in [-0.15, -0.1) is 10.2 Å². The molecular weight excluding hydrogens is 326 g/mol. The van der Waals surface area contributed by atoms with Gasteiger partial charge in [0.05, 0.1) is 0 Å². The molecule has 0 amide bonds. The lowest BCUT2D eigenvalue weighted by Gasteiger charge is -2.04. The lowest BCUT2D eigenvalue weighted by molar-refractivity contribution is 0.108. The predicted molar refractivity (Wildman–Crippen MR) is 79.3 cm³/mol. The van der Waals surface area contributed by atoms with Gasteiger partial charge in [-0.3, -0.25) is 4.79 Å². The fourth-order valence-corrected chi connectivity index (χ4v) is 2.56. The molecule has 0 saturated carbocycles. The van der Waals surface area contributed by atoms with Gasteiger partial charge in [0.2, 0.25) is 5.12 Å². The minimum atomic E-state index is -0.0155. The average molecular weight is 340 g/mol. The molecule has 2 aromatic rings. The molecular formula is C13H14BrN3OS. The Hall–Kier alpha value is -1.14. The molecule has 1 aromatic carbocycles. The first kappa shape index (κ1) is 14.3. The number of carbonyl (C=O) groups is 1. The molecule has 100 valence electrons. The van der Waals surface area contributed by atoms with Crippen molar-refractivity contribution in [1.29, 1.82) is 0 Å². The van der Waals surface area contributed by atoms with Gasteiger partial charge in [-0.25, -0.2) is 0 Å². The first-order chi connectivity index (χ1) is 9.20. The quantitative estimate of drug-likeness (QED) is 0.778. The number of unbranched alkanes of at least 4 members (excludes halogenated alkanes) is 1. The number of aryl methyl sites for hydroxylation is 1. The molecule has 0 spiro atoms. The van der Waals surface area contributed by atoms with Crippen LogP contribution < -0.4 is 0 Å². The highest BCUT2D eigenvalue weighted by Crippen LogP contribution is 2.22. The van der Waals surface area contributed by atoms with E-state index in [1.807, 2.05) is 16.7 Å². The van der Waals surface area contributed by atoms with Crippen LogP contribution in [0.25, 0.3) is 0 Å². The van der Waals surface area contributed by atoms with Crippen LogP contribution in [0.5, 0.6) is 0 Å². The Morgan fingerprint density at radius 1 is 1.37 bits per heavy atom. The number of hydrogen-bond acceptors (Lipinski definition) is 4.